The summed E-state index contributed by atoms with van der Waals surface area (Å²) in [6.07, 6.45) is -0.764. The molecule has 1 rings (SSSR count). The van der Waals surface area contributed by atoms with Crippen LogP contribution in [0.25, 0.3) is 0 Å². The maximum Gasteiger partial charge on any atom is 0.510 e. The Morgan fingerprint density at radius 3 is 2.44 bits per heavy atom. The zero-order chi connectivity index (χ0) is 12.0. The van der Waals surface area contributed by atoms with Gasteiger partial charge in [-0.15, -0.1) is 0 Å². The Labute approximate surface area is 95.1 Å². The van der Waals surface area contributed by atoms with E-state index >= 15 is 0 Å². The van der Waals surface area contributed by atoms with Crippen molar-refractivity contribution < 1.29 is 19.0 Å². The lowest BCUT2D eigenvalue weighted by Gasteiger charge is -2.28. The van der Waals surface area contributed by atoms with Crippen LogP contribution in [0, 0.1) is 0 Å². The van der Waals surface area contributed by atoms with E-state index in [1.54, 1.807) is 6.92 Å². The minimum absolute atomic E-state index is 0.433. The van der Waals surface area contributed by atoms with Crippen molar-refractivity contribution in [1.29, 1.82) is 0 Å². The van der Waals surface area contributed by atoms with E-state index in [1.807, 2.05) is 37.3 Å². The van der Waals surface area contributed by atoms with Gasteiger partial charge in [-0.1, -0.05) is 30.3 Å². The van der Waals surface area contributed by atoms with Gasteiger partial charge in [-0.3, -0.25) is 0 Å². The number of carbonyl (C=O) groups excluding carboxylic acids is 1. The highest BCUT2D eigenvalue weighted by Crippen LogP contribution is 2.27. The summed E-state index contributed by atoms with van der Waals surface area (Å²) in [4.78, 5) is 11.2. The molecule has 0 spiro atoms. The molecule has 0 heterocycles. The Hall–Kier alpha value is -1.55. The maximum absolute atomic E-state index is 11.2. The lowest BCUT2D eigenvalue weighted by atomic mass is 10.1. The smallest absolute Gasteiger partial charge is 0.438 e. The van der Waals surface area contributed by atoms with Gasteiger partial charge in [0.05, 0.1) is 7.11 Å². The number of carbonyl (C=O) groups is 1. The summed E-state index contributed by atoms with van der Waals surface area (Å²) < 4.78 is 15.1. The van der Waals surface area contributed by atoms with E-state index in [9.17, 15) is 4.79 Å². The second-order valence-corrected chi connectivity index (χ2v) is 3.30. The molecule has 1 atom stereocenters. The molecule has 4 heteroatoms. The van der Waals surface area contributed by atoms with Gasteiger partial charge in [0.15, 0.2) is 0 Å². The fourth-order valence-electron chi connectivity index (χ4n) is 1.39. The second-order valence-electron chi connectivity index (χ2n) is 3.30. The molecule has 1 aromatic carbocycles. The lowest BCUT2D eigenvalue weighted by molar-refractivity contribution is -0.205. The number of ether oxygens (including phenoxy) is 3. The minimum Gasteiger partial charge on any atom is -0.438 e. The van der Waals surface area contributed by atoms with Gasteiger partial charge >= 0.3 is 6.16 Å². The molecule has 1 aromatic rings. The van der Waals surface area contributed by atoms with Crippen LogP contribution in [0.5, 0.6) is 0 Å². The molecule has 0 aliphatic carbocycles. The van der Waals surface area contributed by atoms with Gasteiger partial charge in [0, 0.05) is 19.1 Å². The molecule has 0 N–H and O–H groups in total. The summed E-state index contributed by atoms with van der Waals surface area (Å²) >= 11 is 0. The van der Waals surface area contributed by atoms with E-state index < -0.39 is 11.9 Å². The molecular formula is C12H16O4. The Balaban J connectivity index is 2.92. The van der Waals surface area contributed by atoms with E-state index in [-0.39, 0.29) is 0 Å². The van der Waals surface area contributed by atoms with Crippen molar-refractivity contribution in [2.24, 2.45) is 0 Å². The minimum atomic E-state index is -1.11. The molecule has 0 bridgehead atoms. The molecule has 0 amide bonds. The molecule has 0 radical (unpaired) electrons. The summed E-state index contributed by atoms with van der Waals surface area (Å²) in [5.41, 5.74) is 0.766. The largest absolute Gasteiger partial charge is 0.510 e. The topological polar surface area (TPSA) is 44.8 Å². The van der Waals surface area contributed by atoms with Crippen LogP contribution in [0.15, 0.2) is 30.3 Å². The summed E-state index contributed by atoms with van der Waals surface area (Å²) in [5.74, 6) is -1.11. The van der Waals surface area contributed by atoms with E-state index in [4.69, 9.17) is 9.47 Å². The van der Waals surface area contributed by atoms with Gasteiger partial charge in [-0.05, 0) is 6.92 Å². The summed E-state index contributed by atoms with van der Waals surface area (Å²) in [6.45, 7) is 3.95. The molecule has 16 heavy (non-hydrogen) atoms. The average molecular weight is 224 g/mol. The van der Waals surface area contributed by atoms with Crippen LogP contribution in [0.1, 0.15) is 19.4 Å². The first-order chi connectivity index (χ1) is 7.62. The lowest BCUT2D eigenvalue weighted by Crippen LogP contribution is -2.32. The molecule has 0 saturated carbocycles. The molecule has 0 aliphatic heterocycles. The van der Waals surface area contributed by atoms with E-state index in [0.717, 1.165) is 5.56 Å². The third-order valence-electron chi connectivity index (χ3n) is 2.16. The van der Waals surface area contributed by atoms with Crippen molar-refractivity contribution in [2.45, 2.75) is 19.6 Å². The first kappa shape index (κ1) is 12.5. The molecular weight excluding hydrogens is 208 g/mol. The summed E-state index contributed by atoms with van der Waals surface area (Å²) in [7, 11) is 1.26. The highest BCUT2D eigenvalue weighted by atomic mass is 16.8. The van der Waals surface area contributed by atoms with Gasteiger partial charge < -0.3 is 14.2 Å². The molecule has 88 valence electrons. The molecule has 0 saturated heterocycles. The first-order valence-corrected chi connectivity index (χ1v) is 5.09. The van der Waals surface area contributed by atoms with Gasteiger partial charge in [0.2, 0.25) is 5.79 Å². The molecule has 0 aromatic heterocycles. The van der Waals surface area contributed by atoms with Crippen LogP contribution < -0.4 is 0 Å². The van der Waals surface area contributed by atoms with Gasteiger partial charge in [-0.25, -0.2) is 4.79 Å². The highest BCUT2D eigenvalue weighted by molar-refractivity contribution is 5.60. The molecule has 1 unspecified atom stereocenters. The number of hydrogen-bond acceptors (Lipinski definition) is 4. The third-order valence-corrected chi connectivity index (χ3v) is 2.16. The van der Waals surface area contributed by atoms with E-state index in [2.05, 4.69) is 4.74 Å². The van der Waals surface area contributed by atoms with Crippen LogP contribution in [-0.4, -0.2) is 19.9 Å². The SMILES string of the molecule is CCOC(C)(OC(=O)OC)c1ccccc1. The predicted octanol–water partition coefficient (Wildman–Crippen LogP) is 2.68. The summed E-state index contributed by atoms with van der Waals surface area (Å²) in [5, 5.41) is 0. The standard InChI is InChI=1S/C12H16O4/c1-4-15-12(2,16-11(13)14-3)10-8-6-5-7-9-10/h5-9H,4H2,1-3H3. The Kier molecular flexibility index (Phi) is 4.31. The Morgan fingerprint density at radius 1 is 1.31 bits per heavy atom. The summed E-state index contributed by atoms with van der Waals surface area (Å²) in [6, 6.07) is 9.26. The van der Waals surface area contributed by atoms with Crippen molar-refractivity contribution >= 4 is 6.16 Å². The normalized spacial score (nSPS) is 13.9. The van der Waals surface area contributed by atoms with Crippen LogP contribution in [0.4, 0.5) is 4.79 Å². The van der Waals surface area contributed by atoms with Crippen molar-refractivity contribution in [3.63, 3.8) is 0 Å². The van der Waals surface area contributed by atoms with Crippen LogP contribution in [0.2, 0.25) is 0 Å². The van der Waals surface area contributed by atoms with Crippen molar-refractivity contribution in [3.05, 3.63) is 35.9 Å². The average Bonchev–Trinajstić information content (AvgIpc) is 2.30. The number of methoxy groups -OCH3 is 1. The Bertz CT molecular complexity index is 336. The number of benzene rings is 1. The van der Waals surface area contributed by atoms with Crippen molar-refractivity contribution in [2.75, 3.05) is 13.7 Å². The molecule has 0 fully saturated rings. The monoisotopic (exact) mass is 224 g/mol. The van der Waals surface area contributed by atoms with Gasteiger partial charge in [0.25, 0.3) is 0 Å². The highest BCUT2D eigenvalue weighted by Gasteiger charge is 2.32. The predicted molar refractivity (Wildman–Crippen MR) is 58.9 cm³/mol. The number of hydrogen-bond donors (Lipinski definition) is 0. The third kappa shape index (κ3) is 2.97. The van der Waals surface area contributed by atoms with Gasteiger partial charge in [-0.2, -0.15) is 0 Å². The molecule has 0 aliphatic rings. The van der Waals surface area contributed by atoms with E-state index in [0.29, 0.717) is 6.61 Å². The first-order valence-electron chi connectivity index (χ1n) is 5.09. The number of rotatable bonds is 4. The molecule has 4 nitrogen and oxygen atoms in total. The van der Waals surface area contributed by atoms with Crippen molar-refractivity contribution in [3.8, 4) is 0 Å². The Morgan fingerprint density at radius 2 is 1.94 bits per heavy atom. The van der Waals surface area contributed by atoms with Crippen LogP contribution >= 0.6 is 0 Å². The fourth-order valence-corrected chi connectivity index (χ4v) is 1.39. The quantitative estimate of drug-likeness (QED) is 0.582. The van der Waals surface area contributed by atoms with Crippen LogP contribution in [0.3, 0.4) is 0 Å². The maximum atomic E-state index is 11.2. The van der Waals surface area contributed by atoms with Crippen molar-refractivity contribution in [1.82, 2.24) is 0 Å². The zero-order valence-electron chi connectivity index (χ0n) is 9.73. The van der Waals surface area contributed by atoms with Crippen LogP contribution in [-0.2, 0) is 20.0 Å². The van der Waals surface area contributed by atoms with E-state index in [1.165, 1.54) is 7.11 Å². The second kappa shape index (κ2) is 5.51. The van der Waals surface area contributed by atoms with Gasteiger partial charge in [0.1, 0.15) is 0 Å². The fraction of sp³-hybridized carbons (Fsp3) is 0.417. The zero-order valence-corrected chi connectivity index (χ0v) is 9.73.